The second-order valence-electron chi connectivity index (χ2n) is 6.74. The summed E-state index contributed by atoms with van der Waals surface area (Å²) in [6, 6.07) is 3.74. The maximum absolute atomic E-state index is 12.1. The SMILES string of the molecule is CC1CCN(c2ccc(=O)n(CC3CCNCC3)c2)CC1. The Morgan fingerprint density at radius 1 is 1.14 bits per heavy atom. The molecule has 1 N–H and O–H groups in total. The lowest BCUT2D eigenvalue weighted by atomic mass is 9.98. The molecule has 4 heteroatoms. The van der Waals surface area contributed by atoms with Gasteiger partial charge in [-0.25, -0.2) is 0 Å². The molecule has 0 radical (unpaired) electrons. The zero-order valence-corrected chi connectivity index (χ0v) is 13.1. The normalized spacial score (nSPS) is 21.7. The standard InChI is InChI=1S/C17H27N3O/c1-14-6-10-19(11-7-14)16-2-3-17(21)20(13-16)12-15-4-8-18-9-5-15/h2-3,13-15,18H,4-12H2,1H3. The van der Waals surface area contributed by atoms with Crippen molar-refractivity contribution in [3.8, 4) is 0 Å². The van der Waals surface area contributed by atoms with Crippen LogP contribution in [0.2, 0.25) is 0 Å². The third-order valence-corrected chi connectivity index (χ3v) is 5.03. The molecule has 2 saturated heterocycles. The van der Waals surface area contributed by atoms with Crippen molar-refractivity contribution in [1.82, 2.24) is 9.88 Å². The van der Waals surface area contributed by atoms with Crippen LogP contribution in [-0.2, 0) is 6.54 Å². The van der Waals surface area contributed by atoms with E-state index in [-0.39, 0.29) is 5.56 Å². The van der Waals surface area contributed by atoms with Gasteiger partial charge >= 0.3 is 0 Å². The zero-order chi connectivity index (χ0) is 14.7. The Hall–Kier alpha value is -1.29. The average molecular weight is 289 g/mol. The third kappa shape index (κ3) is 3.67. The number of anilines is 1. The van der Waals surface area contributed by atoms with Gasteiger partial charge in [0.15, 0.2) is 0 Å². The molecule has 0 atom stereocenters. The van der Waals surface area contributed by atoms with Gasteiger partial charge in [0.05, 0.1) is 5.69 Å². The number of pyridine rings is 1. The van der Waals surface area contributed by atoms with E-state index in [0.717, 1.165) is 38.6 Å². The Balaban J connectivity index is 1.71. The molecule has 2 fully saturated rings. The van der Waals surface area contributed by atoms with E-state index in [4.69, 9.17) is 0 Å². The van der Waals surface area contributed by atoms with Gasteiger partial charge in [-0.3, -0.25) is 4.79 Å². The highest BCUT2D eigenvalue weighted by atomic mass is 16.1. The molecule has 3 heterocycles. The highest BCUT2D eigenvalue weighted by molar-refractivity contribution is 5.44. The number of piperidine rings is 2. The third-order valence-electron chi connectivity index (χ3n) is 5.03. The fraction of sp³-hybridized carbons (Fsp3) is 0.706. The van der Waals surface area contributed by atoms with Crippen LogP contribution in [0.15, 0.2) is 23.1 Å². The molecular weight excluding hydrogens is 262 g/mol. The largest absolute Gasteiger partial charge is 0.370 e. The van der Waals surface area contributed by atoms with Gasteiger partial charge in [0.1, 0.15) is 0 Å². The summed E-state index contributed by atoms with van der Waals surface area (Å²) in [5.41, 5.74) is 1.36. The second kappa shape index (κ2) is 6.65. The lowest BCUT2D eigenvalue weighted by molar-refractivity contribution is 0.329. The predicted octanol–water partition coefficient (Wildman–Crippen LogP) is 2.08. The molecule has 4 nitrogen and oxygen atoms in total. The monoisotopic (exact) mass is 289 g/mol. The highest BCUT2D eigenvalue weighted by Gasteiger charge is 2.18. The molecule has 0 spiro atoms. The Morgan fingerprint density at radius 3 is 2.57 bits per heavy atom. The molecule has 0 saturated carbocycles. The van der Waals surface area contributed by atoms with Gasteiger partial charge in [-0.15, -0.1) is 0 Å². The molecule has 0 bridgehead atoms. The van der Waals surface area contributed by atoms with E-state index < -0.39 is 0 Å². The predicted molar refractivity (Wildman–Crippen MR) is 86.9 cm³/mol. The zero-order valence-electron chi connectivity index (χ0n) is 13.1. The molecule has 0 unspecified atom stereocenters. The first-order chi connectivity index (χ1) is 10.2. The van der Waals surface area contributed by atoms with Crippen LogP contribution in [0.25, 0.3) is 0 Å². The average Bonchev–Trinajstić information content (AvgIpc) is 2.51. The van der Waals surface area contributed by atoms with Crippen LogP contribution in [0.5, 0.6) is 0 Å². The maximum Gasteiger partial charge on any atom is 0.250 e. The van der Waals surface area contributed by atoms with E-state index in [0.29, 0.717) is 5.92 Å². The number of nitrogens with zero attached hydrogens (tertiary/aromatic N) is 2. The van der Waals surface area contributed by atoms with Crippen LogP contribution in [0, 0.1) is 11.8 Å². The molecule has 2 aliphatic rings. The van der Waals surface area contributed by atoms with Crippen molar-refractivity contribution in [2.75, 3.05) is 31.1 Å². The fourth-order valence-electron chi connectivity index (χ4n) is 3.46. The molecule has 0 aliphatic carbocycles. The summed E-state index contributed by atoms with van der Waals surface area (Å²) in [5.74, 6) is 1.47. The maximum atomic E-state index is 12.1. The number of aromatic nitrogens is 1. The topological polar surface area (TPSA) is 37.3 Å². The summed E-state index contributed by atoms with van der Waals surface area (Å²) in [7, 11) is 0. The Kier molecular flexibility index (Phi) is 4.63. The van der Waals surface area contributed by atoms with E-state index in [9.17, 15) is 4.79 Å². The molecule has 0 aromatic carbocycles. The first kappa shape index (κ1) is 14.6. The first-order valence-corrected chi connectivity index (χ1v) is 8.38. The van der Waals surface area contributed by atoms with E-state index in [2.05, 4.69) is 23.3 Å². The summed E-state index contributed by atoms with van der Waals surface area (Å²) in [6.45, 7) is 7.61. The Labute approximate surface area is 127 Å². The molecule has 1 aromatic heterocycles. The van der Waals surface area contributed by atoms with Crippen molar-refractivity contribution in [3.63, 3.8) is 0 Å². The van der Waals surface area contributed by atoms with Crippen molar-refractivity contribution in [3.05, 3.63) is 28.7 Å². The lowest BCUT2D eigenvalue weighted by Crippen LogP contribution is -2.35. The van der Waals surface area contributed by atoms with Crippen LogP contribution in [-0.4, -0.2) is 30.7 Å². The minimum absolute atomic E-state index is 0.141. The summed E-state index contributed by atoms with van der Waals surface area (Å²) >= 11 is 0. The van der Waals surface area contributed by atoms with Crippen molar-refractivity contribution in [1.29, 1.82) is 0 Å². The minimum Gasteiger partial charge on any atom is -0.370 e. The quantitative estimate of drug-likeness (QED) is 0.926. The fourth-order valence-corrected chi connectivity index (χ4v) is 3.46. The minimum atomic E-state index is 0.141. The van der Waals surface area contributed by atoms with Crippen LogP contribution < -0.4 is 15.8 Å². The number of rotatable bonds is 3. The van der Waals surface area contributed by atoms with Crippen LogP contribution in [0.3, 0.4) is 0 Å². The lowest BCUT2D eigenvalue weighted by Gasteiger charge is -2.32. The number of hydrogen-bond donors (Lipinski definition) is 1. The van der Waals surface area contributed by atoms with E-state index in [1.54, 1.807) is 6.07 Å². The van der Waals surface area contributed by atoms with Crippen LogP contribution in [0.4, 0.5) is 5.69 Å². The molecular formula is C17H27N3O. The Morgan fingerprint density at radius 2 is 1.86 bits per heavy atom. The van der Waals surface area contributed by atoms with Gasteiger partial charge < -0.3 is 14.8 Å². The first-order valence-electron chi connectivity index (χ1n) is 8.38. The van der Waals surface area contributed by atoms with Gasteiger partial charge in [-0.05, 0) is 56.7 Å². The summed E-state index contributed by atoms with van der Waals surface area (Å²) < 4.78 is 1.93. The molecule has 0 amide bonds. The molecule has 116 valence electrons. The van der Waals surface area contributed by atoms with Crippen molar-refractivity contribution in [2.24, 2.45) is 11.8 Å². The van der Waals surface area contributed by atoms with Crippen LogP contribution >= 0.6 is 0 Å². The highest BCUT2D eigenvalue weighted by Crippen LogP contribution is 2.22. The van der Waals surface area contributed by atoms with Gasteiger partial charge in [0.25, 0.3) is 5.56 Å². The molecule has 1 aromatic rings. The number of nitrogens with one attached hydrogen (secondary N) is 1. The number of hydrogen-bond acceptors (Lipinski definition) is 3. The summed E-state index contributed by atoms with van der Waals surface area (Å²) in [6.07, 6.45) is 6.96. The van der Waals surface area contributed by atoms with E-state index in [1.807, 2.05) is 10.6 Å². The Bertz CT molecular complexity index is 511. The molecule has 3 rings (SSSR count). The smallest absolute Gasteiger partial charge is 0.250 e. The second-order valence-corrected chi connectivity index (χ2v) is 6.74. The van der Waals surface area contributed by atoms with E-state index in [1.165, 1.54) is 31.4 Å². The summed E-state index contributed by atoms with van der Waals surface area (Å²) in [4.78, 5) is 14.5. The summed E-state index contributed by atoms with van der Waals surface area (Å²) in [5, 5.41) is 3.39. The van der Waals surface area contributed by atoms with Crippen molar-refractivity contribution < 1.29 is 0 Å². The van der Waals surface area contributed by atoms with Gasteiger partial charge in [-0.1, -0.05) is 6.92 Å². The van der Waals surface area contributed by atoms with Gasteiger partial charge in [-0.2, -0.15) is 0 Å². The molecule has 21 heavy (non-hydrogen) atoms. The van der Waals surface area contributed by atoms with E-state index >= 15 is 0 Å². The van der Waals surface area contributed by atoms with Crippen LogP contribution in [0.1, 0.15) is 32.6 Å². The van der Waals surface area contributed by atoms with Crippen molar-refractivity contribution >= 4 is 5.69 Å². The molecule has 2 aliphatic heterocycles. The van der Waals surface area contributed by atoms with Gasteiger partial charge in [0.2, 0.25) is 0 Å². The van der Waals surface area contributed by atoms with Gasteiger partial charge in [0, 0.05) is 31.9 Å². The van der Waals surface area contributed by atoms with Crippen molar-refractivity contribution in [2.45, 2.75) is 39.2 Å².